The number of amides is 1. The number of carbonyl (C=O) groups excluding carboxylic acids is 1. The zero-order valence-electron chi connectivity index (χ0n) is 13.5. The molecule has 6 nitrogen and oxygen atoms in total. The number of anilines is 1. The van der Waals surface area contributed by atoms with E-state index in [1.54, 1.807) is 18.5 Å². The average Bonchev–Trinajstić information content (AvgIpc) is 3.02. The van der Waals surface area contributed by atoms with Crippen molar-refractivity contribution >= 4 is 11.6 Å². The topological polar surface area (TPSA) is 71.4 Å². The third kappa shape index (κ3) is 3.14. The van der Waals surface area contributed by atoms with Gasteiger partial charge in [0.05, 0.1) is 17.6 Å². The molecule has 0 aliphatic carbocycles. The van der Waals surface area contributed by atoms with Crippen molar-refractivity contribution < 1.29 is 9.78 Å². The first-order valence-corrected chi connectivity index (χ1v) is 8.12. The molecule has 1 unspecified atom stereocenters. The molecule has 3 N–H and O–H groups in total. The number of allylic oxidation sites excluding steroid dienone is 3. The van der Waals surface area contributed by atoms with Crippen LogP contribution in [0.1, 0.15) is 5.56 Å². The monoisotopic (exact) mass is 332 g/mol. The van der Waals surface area contributed by atoms with Gasteiger partial charge in [-0.05, 0) is 29.8 Å². The quantitative estimate of drug-likeness (QED) is 0.892. The summed E-state index contributed by atoms with van der Waals surface area (Å²) in [5, 5.41) is 6.25. The second-order valence-corrected chi connectivity index (χ2v) is 5.84. The number of hydrogen-bond acceptors (Lipinski definition) is 4. The highest BCUT2D eigenvalue weighted by molar-refractivity contribution is 6.04. The summed E-state index contributed by atoms with van der Waals surface area (Å²) < 4.78 is 0. The lowest BCUT2D eigenvalue weighted by Gasteiger charge is -2.25. The molecule has 2 aromatic rings. The van der Waals surface area contributed by atoms with Gasteiger partial charge in [0.1, 0.15) is 11.9 Å². The molecule has 124 valence electrons. The van der Waals surface area contributed by atoms with Crippen molar-refractivity contribution in [1.82, 2.24) is 15.2 Å². The fraction of sp³-hybridized carbons (Fsp3) is 0.105. The molecule has 0 radical (unpaired) electrons. The van der Waals surface area contributed by atoms with Gasteiger partial charge in [-0.3, -0.25) is 9.78 Å². The maximum atomic E-state index is 12.7. The smallest absolute Gasteiger partial charge is 0.274 e. The Morgan fingerprint density at radius 2 is 2.16 bits per heavy atom. The SMILES string of the molecule is O=C(Nc1cccnc1)C1=C2C=CC=CN2C(Cc2cc[nH+]cc2)N1. The van der Waals surface area contributed by atoms with E-state index < -0.39 is 0 Å². The summed E-state index contributed by atoms with van der Waals surface area (Å²) >= 11 is 0. The first kappa shape index (κ1) is 15.1. The van der Waals surface area contributed by atoms with E-state index in [4.69, 9.17) is 0 Å². The van der Waals surface area contributed by atoms with E-state index in [0.29, 0.717) is 11.4 Å². The summed E-state index contributed by atoms with van der Waals surface area (Å²) in [7, 11) is 0. The zero-order valence-corrected chi connectivity index (χ0v) is 13.5. The van der Waals surface area contributed by atoms with Crippen molar-refractivity contribution in [3.63, 3.8) is 0 Å². The van der Waals surface area contributed by atoms with Crippen LogP contribution in [0.3, 0.4) is 0 Å². The van der Waals surface area contributed by atoms with E-state index >= 15 is 0 Å². The summed E-state index contributed by atoms with van der Waals surface area (Å²) in [6.45, 7) is 0. The van der Waals surface area contributed by atoms with E-state index in [2.05, 4.69) is 25.5 Å². The number of pyridine rings is 2. The van der Waals surface area contributed by atoms with Gasteiger partial charge in [-0.25, -0.2) is 4.98 Å². The first-order chi connectivity index (χ1) is 12.3. The van der Waals surface area contributed by atoms with Crippen molar-refractivity contribution in [2.45, 2.75) is 12.6 Å². The van der Waals surface area contributed by atoms with Crippen LogP contribution in [0.25, 0.3) is 0 Å². The molecule has 0 aromatic carbocycles. The molecule has 0 saturated carbocycles. The van der Waals surface area contributed by atoms with Gasteiger partial charge in [0.2, 0.25) is 0 Å². The van der Waals surface area contributed by atoms with Crippen LogP contribution in [-0.4, -0.2) is 22.0 Å². The van der Waals surface area contributed by atoms with Gasteiger partial charge in [-0.15, -0.1) is 0 Å². The number of carbonyl (C=O) groups is 1. The predicted molar refractivity (Wildman–Crippen MR) is 93.6 cm³/mol. The molecule has 2 aliphatic heterocycles. The Labute approximate surface area is 145 Å². The molecule has 0 bridgehead atoms. The lowest BCUT2D eigenvalue weighted by atomic mass is 10.1. The van der Waals surface area contributed by atoms with Crippen LogP contribution in [0.4, 0.5) is 5.69 Å². The minimum Gasteiger partial charge on any atom is -0.358 e. The Bertz CT molecular complexity index is 858. The number of nitrogens with zero attached hydrogens (tertiary/aromatic N) is 2. The molecule has 4 rings (SSSR count). The molecule has 25 heavy (non-hydrogen) atoms. The molecule has 2 aromatic heterocycles. The van der Waals surface area contributed by atoms with Crippen LogP contribution in [0.2, 0.25) is 0 Å². The molecular weight excluding hydrogens is 314 g/mol. The van der Waals surface area contributed by atoms with Crippen LogP contribution in [-0.2, 0) is 11.2 Å². The van der Waals surface area contributed by atoms with Gasteiger partial charge in [0.15, 0.2) is 12.4 Å². The number of rotatable bonds is 4. The Hall–Kier alpha value is -3.41. The molecule has 1 atom stereocenters. The first-order valence-electron chi connectivity index (χ1n) is 8.12. The molecule has 0 fully saturated rings. The van der Waals surface area contributed by atoms with E-state index in [9.17, 15) is 4.79 Å². The van der Waals surface area contributed by atoms with Crippen LogP contribution in [0.5, 0.6) is 0 Å². The normalized spacial score (nSPS) is 18.1. The fourth-order valence-electron chi connectivity index (χ4n) is 2.99. The highest BCUT2D eigenvalue weighted by Crippen LogP contribution is 2.27. The summed E-state index contributed by atoms with van der Waals surface area (Å²) in [5.74, 6) is -0.170. The highest BCUT2D eigenvalue weighted by Gasteiger charge is 2.33. The number of aromatic nitrogens is 2. The van der Waals surface area contributed by atoms with Crippen molar-refractivity contribution in [2.75, 3.05) is 5.32 Å². The molecule has 0 spiro atoms. The van der Waals surface area contributed by atoms with Crippen LogP contribution in [0, 0.1) is 0 Å². The van der Waals surface area contributed by atoms with Crippen molar-refractivity contribution in [2.24, 2.45) is 0 Å². The molecule has 4 heterocycles. The molecule has 0 saturated heterocycles. The average molecular weight is 332 g/mol. The van der Waals surface area contributed by atoms with Crippen molar-refractivity contribution in [3.8, 4) is 0 Å². The van der Waals surface area contributed by atoms with Crippen LogP contribution >= 0.6 is 0 Å². The fourth-order valence-corrected chi connectivity index (χ4v) is 2.99. The summed E-state index contributed by atoms with van der Waals surface area (Å²) in [6.07, 6.45) is 15.7. The summed E-state index contributed by atoms with van der Waals surface area (Å²) in [5.41, 5.74) is 3.30. The Balaban J connectivity index is 1.56. The van der Waals surface area contributed by atoms with E-state index in [-0.39, 0.29) is 12.1 Å². The van der Waals surface area contributed by atoms with Gasteiger partial charge in [0.25, 0.3) is 5.91 Å². The third-order valence-electron chi connectivity index (χ3n) is 4.16. The standard InChI is InChI=1S/C19H17N5O/c25-19(22-15-4-3-8-21-13-15)18-16-5-1-2-11-24(16)17(23-18)12-14-6-9-20-10-7-14/h1-11,13,17,23H,12H2,(H,22,25)/p+1. The minimum absolute atomic E-state index is 0.00625. The van der Waals surface area contributed by atoms with Gasteiger partial charge in [0, 0.05) is 31.0 Å². The van der Waals surface area contributed by atoms with Crippen LogP contribution < -0.4 is 15.6 Å². The number of aromatic amines is 1. The Kier molecular flexibility index (Phi) is 4.00. The van der Waals surface area contributed by atoms with Gasteiger partial charge in [-0.1, -0.05) is 6.08 Å². The van der Waals surface area contributed by atoms with E-state index in [1.165, 1.54) is 5.56 Å². The number of nitrogens with one attached hydrogen (secondary N) is 3. The maximum absolute atomic E-state index is 12.7. The van der Waals surface area contributed by atoms with Gasteiger partial charge < -0.3 is 15.5 Å². The molecule has 2 aliphatic rings. The maximum Gasteiger partial charge on any atom is 0.274 e. The number of H-pyrrole nitrogens is 1. The van der Waals surface area contributed by atoms with E-state index in [1.807, 2.05) is 55.0 Å². The lowest BCUT2D eigenvalue weighted by molar-refractivity contribution is -0.378. The van der Waals surface area contributed by atoms with E-state index in [0.717, 1.165) is 12.1 Å². The van der Waals surface area contributed by atoms with Gasteiger partial charge in [-0.2, -0.15) is 0 Å². The van der Waals surface area contributed by atoms with Gasteiger partial charge >= 0.3 is 0 Å². The summed E-state index contributed by atoms with van der Waals surface area (Å²) in [4.78, 5) is 21.9. The predicted octanol–water partition coefficient (Wildman–Crippen LogP) is 1.60. The third-order valence-corrected chi connectivity index (χ3v) is 4.16. The Morgan fingerprint density at radius 1 is 1.28 bits per heavy atom. The van der Waals surface area contributed by atoms with Crippen molar-refractivity contribution in [3.05, 3.63) is 90.4 Å². The largest absolute Gasteiger partial charge is 0.358 e. The molecule has 1 amide bonds. The second kappa shape index (κ2) is 6.60. The molecule has 6 heteroatoms. The molecular formula is C19H18N5O+. The van der Waals surface area contributed by atoms with Crippen LogP contribution in [0.15, 0.2) is 84.9 Å². The highest BCUT2D eigenvalue weighted by atomic mass is 16.2. The lowest BCUT2D eigenvalue weighted by Crippen LogP contribution is -2.37. The Morgan fingerprint density at radius 3 is 2.96 bits per heavy atom. The number of hydrogen-bond donors (Lipinski definition) is 2. The van der Waals surface area contributed by atoms with Crippen molar-refractivity contribution in [1.29, 1.82) is 0 Å². The minimum atomic E-state index is -0.170. The number of fused-ring (bicyclic) bond motifs is 1. The second-order valence-electron chi connectivity index (χ2n) is 5.84. The zero-order chi connectivity index (χ0) is 17.1. The summed E-state index contributed by atoms with van der Waals surface area (Å²) in [6, 6.07) is 7.69.